The van der Waals surface area contributed by atoms with Crippen LogP contribution in [0, 0.1) is 0 Å². The Morgan fingerprint density at radius 2 is 2.06 bits per heavy atom. The lowest BCUT2D eigenvalue weighted by atomic mass is 10.0. The van der Waals surface area contributed by atoms with Crippen LogP contribution in [-0.4, -0.2) is 40.6 Å². The number of hydrogen-bond acceptors (Lipinski definition) is 3. The number of amides is 1. The third-order valence-corrected chi connectivity index (χ3v) is 3.21. The van der Waals surface area contributed by atoms with Crippen LogP contribution in [-0.2, 0) is 9.59 Å². The summed E-state index contributed by atoms with van der Waals surface area (Å²) in [7, 11) is 1.69. The second kappa shape index (κ2) is 5.18. The van der Waals surface area contributed by atoms with Crippen molar-refractivity contribution in [3.05, 3.63) is 35.9 Å². The van der Waals surface area contributed by atoms with E-state index < -0.39 is 5.97 Å². The molecule has 2 rings (SSSR count). The summed E-state index contributed by atoms with van der Waals surface area (Å²) in [5.41, 5.74) is 1.04. The van der Waals surface area contributed by atoms with Crippen molar-refractivity contribution in [2.45, 2.75) is 18.9 Å². The van der Waals surface area contributed by atoms with Gasteiger partial charge in [0.15, 0.2) is 0 Å². The monoisotopic (exact) mass is 248 g/mol. The molecule has 1 aliphatic heterocycles. The molecule has 1 heterocycles. The summed E-state index contributed by atoms with van der Waals surface area (Å²) < 4.78 is 0. The lowest BCUT2D eigenvalue weighted by molar-refractivity contribution is -0.142. The van der Waals surface area contributed by atoms with E-state index in [-0.39, 0.29) is 18.4 Å². The summed E-state index contributed by atoms with van der Waals surface area (Å²) in [5.74, 6) is -0.830. The quantitative estimate of drug-likeness (QED) is 0.872. The molecule has 1 aromatic carbocycles. The van der Waals surface area contributed by atoms with Crippen molar-refractivity contribution in [1.29, 1.82) is 0 Å². The molecule has 5 heteroatoms. The van der Waals surface area contributed by atoms with Gasteiger partial charge >= 0.3 is 5.97 Å². The molecule has 0 spiro atoms. The summed E-state index contributed by atoms with van der Waals surface area (Å²) in [6.45, 7) is 0.344. The van der Waals surface area contributed by atoms with E-state index in [2.05, 4.69) is 0 Å². The summed E-state index contributed by atoms with van der Waals surface area (Å²) >= 11 is 0. The van der Waals surface area contributed by atoms with Crippen molar-refractivity contribution in [2.75, 3.05) is 13.6 Å². The molecule has 18 heavy (non-hydrogen) atoms. The van der Waals surface area contributed by atoms with Crippen LogP contribution >= 0.6 is 0 Å². The summed E-state index contributed by atoms with van der Waals surface area (Å²) in [6.07, 6.45) is 0.432. The predicted molar refractivity (Wildman–Crippen MR) is 65.5 cm³/mol. The smallest absolute Gasteiger partial charge is 0.304 e. The third kappa shape index (κ3) is 2.51. The highest BCUT2D eigenvalue weighted by Crippen LogP contribution is 2.31. The SMILES string of the molecule is CN1C(=O)CC(c2ccccc2)N1CCC(=O)O. The standard InChI is InChI=1S/C13H16N2O3/c1-14-12(16)9-11(10-5-3-2-4-6-10)15(14)8-7-13(17)18/h2-6,11H,7-9H2,1H3,(H,17,18). The van der Waals surface area contributed by atoms with Crippen LogP contribution in [0.2, 0.25) is 0 Å². The molecular formula is C13H16N2O3. The molecule has 1 fully saturated rings. The van der Waals surface area contributed by atoms with Crippen LogP contribution in [0.1, 0.15) is 24.4 Å². The van der Waals surface area contributed by atoms with Gasteiger partial charge in [0.05, 0.1) is 12.5 Å². The zero-order valence-electron chi connectivity index (χ0n) is 10.2. The number of nitrogens with zero attached hydrogens (tertiary/aromatic N) is 2. The van der Waals surface area contributed by atoms with E-state index in [0.29, 0.717) is 13.0 Å². The number of rotatable bonds is 4. The van der Waals surface area contributed by atoms with Gasteiger partial charge in [-0.2, -0.15) is 0 Å². The Bertz CT molecular complexity index is 447. The van der Waals surface area contributed by atoms with E-state index in [4.69, 9.17) is 5.11 Å². The molecule has 96 valence electrons. The molecule has 1 atom stereocenters. The van der Waals surface area contributed by atoms with Crippen LogP contribution in [0.5, 0.6) is 0 Å². The van der Waals surface area contributed by atoms with Crippen LogP contribution in [0.15, 0.2) is 30.3 Å². The summed E-state index contributed by atoms with van der Waals surface area (Å²) in [4.78, 5) is 22.4. The van der Waals surface area contributed by atoms with E-state index in [0.717, 1.165) is 5.56 Å². The molecule has 1 aliphatic rings. The van der Waals surface area contributed by atoms with Crippen LogP contribution in [0.3, 0.4) is 0 Å². The Hall–Kier alpha value is -1.88. The zero-order chi connectivity index (χ0) is 13.1. The minimum Gasteiger partial charge on any atom is -0.481 e. The van der Waals surface area contributed by atoms with Crippen LogP contribution in [0.25, 0.3) is 0 Å². The minimum atomic E-state index is -0.852. The molecule has 1 N–H and O–H groups in total. The highest BCUT2D eigenvalue weighted by atomic mass is 16.4. The lowest BCUT2D eigenvalue weighted by Crippen LogP contribution is -2.38. The van der Waals surface area contributed by atoms with Crippen LogP contribution in [0.4, 0.5) is 0 Å². The fraction of sp³-hybridized carbons (Fsp3) is 0.385. The Morgan fingerprint density at radius 3 is 2.67 bits per heavy atom. The number of carbonyl (C=O) groups excluding carboxylic acids is 1. The second-order valence-electron chi connectivity index (χ2n) is 4.35. The van der Waals surface area contributed by atoms with Crippen molar-refractivity contribution in [1.82, 2.24) is 10.0 Å². The number of aliphatic carboxylic acids is 1. The van der Waals surface area contributed by atoms with E-state index in [1.165, 1.54) is 5.01 Å². The van der Waals surface area contributed by atoms with Crippen molar-refractivity contribution >= 4 is 11.9 Å². The first-order valence-corrected chi connectivity index (χ1v) is 5.89. The average molecular weight is 248 g/mol. The average Bonchev–Trinajstić information content (AvgIpc) is 2.64. The molecule has 0 aromatic heterocycles. The van der Waals surface area contributed by atoms with E-state index in [1.807, 2.05) is 35.3 Å². The van der Waals surface area contributed by atoms with Gasteiger partial charge in [0.25, 0.3) is 0 Å². The Kier molecular flexibility index (Phi) is 3.62. The number of hydrazine groups is 1. The first-order valence-electron chi connectivity index (χ1n) is 5.89. The van der Waals surface area contributed by atoms with Gasteiger partial charge in [0.2, 0.25) is 5.91 Å². The molecule has 5 nitrogen and oxygen atoms in total. The predicted octanol–water partition coefficient (Wildman–Crippen LogP) is 1.28. The van der Waals surface area contributed by atoms with Gasteiger partial charge in [-0.25, -0.2) is 5.01 Å². The molecular weight excluding hydrogens is 232 g/mol. The number of benzene rings is 1. The normalized spacial score (nSPS) is 20.4. The van der Waals surface area contributed by atoms with Gasteiger partial charge in [-0.1, -0.05) is 30.3 Å². The molecule has 1 aromatic rings. The molecule has 0 bridgehead atoms. The van der Waals surface area contributed by atoms with Gasteiger partial charge < -0.3 is 5.11 Å². The summed E-state index contributed by atoms with van der Waals surface area (Å²) in [6, 6.07) is 9.64. The Balaban J connectivity index is 2.17. The maximum atomic E-state index is 11.7. The Morgan fingerprint density at radius 1 is 1.39 bits per heavy atom. The maximum Gasteiger partial charge on any atom is 0.304 e. The fourth-order valence-electron chi connectivity index (χ4n) is 2.24. The fourth-order valence-corrected chi connectivity index (χ4v) is 2.24. The molecule has 1 unspecified atom stereocenters. The van der Waals surface area contributed by atoms with Crippen molar-refractivity contribution in [3.63, 3.8) is 0 Å². The molecule has 0 radical (unpaired) electrons. The number of carboxylic acids is 1. The Labute approximate surface area is 106 Å². The first-order chi connectivity index (χ1) is 8.59. The minimum absolute atomic E-state index is 0.0224. The number of hydrogen-bond donors (Lipinski definition) is 1. The van der Waals surface area contributed by atoms with Gasteiger partial charge in [0, 0.05) is 20.0 Å². The number of carboxylic acid groups (broad SMARTS) is 1. The largest absolute Gasteiger partial charge is 0.481 e. The van der Waals surface area contributed by atoms with Crippen LogP contribution < -0.4 is 0 Å². The lowest BCUT2D eigenvalue weighted by Gasteiger charge is -2.29. The maximum absolute atomic E-state index is 11.7. The van der Waals surface area contributed by atoms with Gasteiger partial charge in [-0.15, -0.1) is 0 Å². The van der Waals surface area contributed by atoms with E-state index >= 15 is 0 Å². The van der Waals surface area contributed by atoms with Gasteiger partial charge in [-0.05, 0) is 5.56 Å². The third-order valence-electron chi connectivity index (χ3n) is 3.21. The molecule has 1 amide bonds. The second-order valence-corrected chi connectivity index (χ2v) is 4.35. The zero-order valence-corrected chi connectivity index (χ0v) is 10.2. The topological polar surface area (TPSA) is 60.9 Å². The van der Waals surface area contributed by atoms with Gasteiger partial charge in [-0.3, -0.25) is 14.6 Å². The van der Waals surface area contributed by atoms with E-state index in [9.17, 15) is 9.59 Å². The highest BCUT2D eigenvalue weighted by Gasteiger charge is 2.36. The van der Waals surface area contributed by atoms with E-state index in [1.54, 1.807) is 7.05 Å². The summed E-state index contributed by atoms with van der Waals surface area (Å²) in [5, 5.41) is 12.1. The van der Waals surface area contributed by atoms with Gasteiger partial charge in [0.1, 0.15) is 0 Å². The first kappa shape index (κ1) is 12.6. The van der Waals surface area contributed by atoms with Crippen molar-refractivity contribution in [2.24, 2.45) is 0 Å². The molecule has 0 aliphatic carbocycles. The number of carbonyl (C=O) groups is 2. The van der Waals surface area contributed by atoms with Crippen molar-refractivity contribution in [3.8, 4) is 0 Å². The van der Waals surface area contributed by atoms with Crippen molar-refractivity contribution < 1.29 is 14.7 Å². The molecule has 1 saturated heterocycles. The highest BCUT2D eigenvalue weighted by molar-refractivity contribution is 5.78. The molecule has 0 saturated carbocycles.